The van der Waals surface area contributed by atoms with Gasteiger partial charge in [0.05, 0.1) is 18.7 Å². The van der Waals surface area contributed by atoms with Crippen LogP contribution in [0, 0.1) is 36.2 Å². The first-order valence-corrected chi connectivity index (χ1v) is 3.55. The van der Waals surface area contributed by atoms with Crippen LogP contribution in [0.15, 0.2) is 12.1 Å². The first kappa shape index (κ1) is 8.78. The highest BCUT2D eigenvalue weighted by Gasteiger charge is 2.05. The predicted octanol–water partition coefficient (Wildman–Crippen LogP) is 2.29. The van der Waals surface area contributed by atoms with Crippen molar-refractivity contribution < 1.29 is 0 Å². The summed E-state index contributed by atoms with van der Waals surface area (Å²) in [5.41, 5.74) is 1.76. The highest BCUT2D eigenvalue weighted by Crippen LogP contribution is 2.21. The van der Waals surface area contributed by atoms with E-state index < -0.39 is 0 Å². The second kappa shape index (κ2) is 3.39. The van der Waals surface area contributed by atoms with Crippen LogP contribution in [-0.2, 0) is 0 Å². The summed E-state index contributed by atoms with van der Waals surface area (Å²) in [4.78, 5) is 3.18. The summed E-state index contributed by atoms with van der Waals surface area (Å²) in [6.07, 6.45) is 0. The lowest BCUT2D eigenvalue weighted by molar-refractivity contribution is 1.35. The molecular weight excluding hydrogens is 162 g/mol. The molecule has 0 N–H and O–H groups in total. The van der Waals surface area contributed by atoms with E-state index in [4.69, 9.17) is 17.1 Å². The lowest BCUT2D eigenvalue weighted by Crippen LogP contribution is -1.86. The van der Waals surface area contributed by atoms with Crippen LogP contribution >= 0.6 is 0 Å². The fraction of sp³-hybridized carbons (Fsp3) is 0.100. The molecule has 1 aromatic rings. The summed E-state index contributed by atoms with van der Waals surface area (Å²) in [6.45, 7) is 8.46. The SMILES string of the molecule is [C-]#[N+]c1cc(C#N)c(C)c(C#N)c1. The number of hydrogen-bond acceptors (Lipinski definition) is 2. The standard InChI is InChI=1S/C10H5N3/c1-7-8(5-11)3-10(13-2)4-9(7)6-12/h3-4H,1H3. The van der Waals surface area contributed by atoms with Crippen molar-refractivity contribution in [3.05, 3.63) is 40.2 Å². The summed E-state index contributed by atoms with van der Waals surface area (Å²) in [5.74, 6) is 0. The van der Waals surface area contributed by atoms with E-state index >= 15 is 0 Å². The van der Waals surface area contributed by atoms with Crippen molar-refractivity contribution in [3.63, 3.8) is 0 Å². The molecule has 0 aliphatic rings. The van der Waals surface area contributed by atoms with Gasteiger partial charge >= 0.3 is 0 Å². The number of benzene rings is 1. The summed E-state index contributed by atoms with van der Waals surface area (Å²) in [6, 6.07) is 6.88. The van der Waals surface area contributed by atoms with Gasteiger partial charge in [-0.1, -0.05) is 0 Å². The van der Waals surface area contributed by atoms with Crippen LogP contribution in [0.5, 0.6) is 0 Å². The van der Waals surface area contributed by atoms with Gasteiger partial charge < -0.3 is 0 Å². The maximum atomic E-state index is 8.70. The predicted molar refractivity (Wildman–Crippen MR) is 46.9 cm³/mol. The molecule has 1 rings (SSSR count). The third-order valence-electron chi connectivity index (χ3n) is 1.76. The van der Waals surface area contributed by atoms with E-state index in [1.165, 1.54) is 12.1 Å². The summed E-state index contributed by atoms with van der Waals surface area (Å²) < 4.78 is 0. The highest BCUT2D eigenvalue weighted by molar-refractivity contribution is 5.59. The summed E-state index contributed by atoms with van der Waals surface area (Å²) >= 11 is 0. The van der Waals surface area contributed by atoms with Crippen LogP contribution in [0.2, 0.25) is 0 Å². The Morgan fingerprint density at radius 1 is 1.23 bits per heavy atom. The number of rotatable bonds is 0. The molecule has 0 atom stereocenters. The molecule has 0 bridgehead atoms. The molecule has 0 radical (unpaired) electrons. The molecule has 60 valence electrons. The topological polar surface area (TPSA) is 51.9 Å². The zero-order chi connectivity index (χ0) is 9.84. The Labute approximate surface area is 76.3 Å². The molecule has 0 unspecified atom stereocenters. The van der Waals surface area contributed by atoms with Gasteiger partial charge in [0.2, 0.25) is 0 Å². The fourth-order valence-corrected chi connectivity index (χ4v) is 0.996. The van der Waals surface area contributed by atoms with Gasteiger partial charge in [-0.3, -0.25) is 0 Å². The van der Waals surface area contributed by atoms with Crippen molar-refractivity contribution in [1.29, 1.82) is 10.5 Å². The maximum Gasteiger partial charge on any atom is 0.189 e. The Hall–Kier alpha value is -2.31. The van der Waals surface area contributed by atoms with Gasteiger partial charge in [0.25, 0.3) is 0 Å². The molecule has 0 fully saturated rings. The van der Waals surface area contributed by atoms with Gasteiger partial charge in [-0.25, -0.2) is 4.85 Å². The zero-order valence-corrected chi connectivity index (χ0v) is 7.00. The van der Waals surface area contributed by atoms with Crippen molar-refractivity contribution in [2.45, 2.75) is 6.92 Å². The molecule has 0 aliphatic heterocycles. The number of hydrogen-bond donors (Lipinski definition) is 0. The minimum absolute atomic E-state index is 0.332. The minimum Gasteiger partial charge on any atom is -0.238 e. The van der Waals surface area contributed by atoms with Gasteiger partial charge in [0.1, 0.15) is 0 Å². The Kier molecular flexibility index (Phi) is 2.29. The van der Waals surface area contributed by atoms with Crippen LogP contribution in [-0.4, -0.2) is 0 Å². The minimum atomic E-state index is 0.332. The van der Waals surface area contributed by atoms with Gasteiger partial charge in [0.15, 0.2) is 5.69 Å². The molecule has 0 amide bonds. The van der Waals surface area contributed by atoms with Gasteiger partial charge in [-0.05, 0) is 24.6 Å². The Bertz CT molecular complexity index is 431. The molecule has 1 aromatic carbocycles. The third kappa shape index (κ3) is 1.48. The summed E-state index contributed by atoms with van der Waals surface area (Å²) in [7, 11) is 0. The Morgan fingerprint density at radius 3 is 2.00 bits per heavy atom. The van der Waals surface area contributed by atoms with Crippen LogP contribution in [0.1, 0.15) is 16.7 Å². The van der Waals surface area contributed by atoms with Crippen molar-refractivity contribution in [1.82, 2.24) is 0 Å². The molecule has 0 spiro atoms. The van der Waals surface area contributed by atoms with Gasteiger partial charge in [0, 0.05) is 11.1 Å². The first-order chi connectivity index (χ1) is 6.22. The highest BCUT2D eigenvalue weighted by atomic mass is 14.6. The quantitative estimate of drug-likeness (QED) is 0.556. The molecule has 0 aromatic heterocycles. The largest absolute Gasteiger partial charge is 0.238 e. The van der Waals surface area contributed by atoms with E-state index in [9.17, 15) is 0 Å². The molecule has 0 aliphatic carbocycles. The third-order valence-corrected chi connectivity index (χ3v) is 1.76. The number of nitrogens with zero attached hydrogens (tertiary/aromatic N) is 3. The van der Waals surface area contributed by atoms with E-state index in [0.29, 0.717) is 22.4 Å². The Balaban J connectivity index is 3.53. The molecule has 3 nitrogen and oxygen atoms in total. The Morgan fingerprint density at radius 2 is 1.69 bits per heavy atom. The zero-order valence-electron chi connectivity index (χ0n) is 7.00. The van der Waals surface area contributed by atoms with Crippen LogP contribution in [0.4, 0.5) is 5.69 Å². The lowest BCUT2D eigenvalue weighted by atomic mass is 10.0. The smallest absolute Gasteiger partial charge is 0.189 e. The van der Waals surface area contributed by atoms with Crippen LogP contribution in [0.25, 0.3) is 4.85 Å². The van der Waals surface area contributed by atoms with Crippen molar-refractivity contribution >= 4 is 5.69 Å². The van der Waals surface area contributed by atoms with Crippen molar-refractivity contribution in [3.8, 4) is 12.1 Å². The van der Waals surface area contributed by atoms with E-state index in [1.807, 2.05) is 12.1 Å². The van der Waals surface area contributed by atoms with Crippen LogP contribution in [0.3, 0.4) is 0 Å². The first-order valence-electron chi connectivity index (χ1n) is 3.55. The van der Waals surface area contributed by atoms with E-state index in [-0.39, 0.29) is 0 Å². The molecular formula is C10H5N3. The molecule has 0 saturated carbocycles. The fourth-order valence-electron chi connectivity index (χ4n) is 0.996. The molecule has 13 heavy (non-hydrogen) atoms. The van der Waals surface area contributed by atoms with Crippen molar-refractivity contribution in [2.75, 3.05) is 0 Å². The van der Waals surface area contributed by atoms with Gasteiger partial charge in [-0.2, -0.15) is 10.5 Å². The van der Waals surface area contributed by atoms with E-state index in [1.54, 1.807) is 6.92 Å². The van der Waals surface area contributed by atoms with E-state index in [0.717, 1.165) is 0 Å². The normalized spacial score (nSPS) is 8.15. The monoisotopic (exact) mass is 167 g/mol. The molecule has 0 heterocycles. The maximum absolute atomic E-state index is 8.70. The van der Waals surface area contributed by atoms with Crippen LogP contribution < -0.4 is 0 Å². The summed E-state index contributed by atoms with van der Waals surface area (Å²) in [5, 5.41) is 17.4. The van der Waals surface area contributed by atoms with Crippen molar-refractivity contribution in [2.24, 2.45) is 0 Å². The second-order valence-corrected chi connectivity index (χ2v) is 2.50. The van der Waals surface area contributed by atoms with E-state index in [2.05, 4.69) is 4.85 Å². The number of nitriles is 2. The second-order valence-electron chi connectivity index (χ2n) is 2.50. The molecule has 3 heteroatoms. The average molecular weight is 167 g/mol. The molecule has 0 saturated heterocycles. The lowest BCUT2D eigenvalue weighted by Gasteiger charge is -1.99. The van der Waals surface area contributed by atoms with Gasteiger partial charge in [-0.15, -0.1) is 0 Å². The average Bonchev–Trinajstić information content (AvgIpc) is 2.18.